The first kappa shape index (κ1) is 15.7. The summed E-state index contributed by atoms with van der Waals surface area (Å²) in [7, 11) is 1.88. The Balaban J connectivity index is 1.78. The van der Waals surface area contributed by atoms with Crippen LogP contribution in [0.4, 0.5) is 4.79 Å². The summed E-state index contributed by atoms with van der Waals surface area (Å²) < 4.78 is 5.64. The molecule has 0 bridgehead atoms. The third kappa shape index (κ3) is 4.38. The number of hydrogen-bond donors (Lipinski definition) is 1. The molecule has 0 aliphatic heterocycles. The Bertz CT molecular complexity index is 482. The summed E-state index contributed by atoms with van der Waals surface area (Å²) in [6, 6.07) is 6.36. The Morgan fingerprint density at radius 3 is 2.67 bits per heavy atom. The van der Waals surface area contributed by atoms with Crippen LogP contribution in [0, 0.1) is 13.8 Å². The minimum Gasteiger partial charge on any atom is -0.473 e. The van der Waals surface area contributed by atoms with Gasteiger partial charge in [0.2, 0.25) is 0 Å². The summed E-state index contributed by atoms with van der Waals surface area (Å²) in [6.45, 7) is 4.27. The molecule has 1 fully saturated rings. The lowest BCUT2D eigenvalue weighted by Crippen LogP contribution is -2.45. The fourth-order valence-corrected chi connectivity index (χ4v) is 2.90. The molecule has 0 unspecified atom stereocenters. The molecule has 116 valence electrons. The lowest BCUT2D eigenvalue weighted by atomic mass is 9.95. The summed E-state index contributed by atoms with van der Waals surface area (Å²) in [6.07, 6.45) is 5.97. The van der Waals surface area contributed by atoms with Gasteiger partial charge in [-0.15, -0.1) is 0 Å². The Labute approximate surface area is 127 Å². The first-order valence-corrected chi connectivity index (χ1v) is 7.78. The van der Waals surface area contributed by atoms with Crippen molar-refractivity contribution in [2.75, 3.05) is 13.8 Å². The molecule has 1 aromatic carbocycles. The van der Waals surface area contributed by atoms with E-state index in [2.05, 4.69) is 18.3 Å². The average Bonchev–Trinajstić information content (AvgIpc) is 2.49. The number of carbonyl (C=O) groups excluding carboxylic acids is 1. The summed E-state index contributed by atoms with van der Waals surface area (Å²) in [5.74, 6) is 0.821. The van der Waals surface area contributed by atoms with E-state index in [1.54, 1.807) is 0 Å². The molecule has 4 heteroatoms. The van der Waals surface area contributed by atoms with Crippen molar-refractivity contribution in [3.63, 3.8) is 0 Å². The van der Waals surface area contributed by atoms with Gasteiger partial charge in [-0.05, 0) is 38.3 Å². The van der Waals surface area contributed by atoms with E-state index < -0.39 is 0 Å². The molecule has 1 aliphatic carbocycles. The smallest absolute Gasteiger partial charge is 0.319 e. The fourth-order valence-electron chi connectivity index (χ4n) is 2.90. The Morgan fingerprint density at radius 2 is 2.00 bits per heavy atom. The van der Waals surface area contributed by atoms with Gasteiger partial charge in [-0.2, -0.15) is 0 Å². The van der Waals surface area contributed by atoms with Gasteiger partial charge in [-0.25, -0.2) is 4.79 Å². The van der Waals surface area contributed by atoms with Crippen molar-refractivity contribution < 1.29 is 9.53 Å². The zero-order chi connectivity index (χ0) is 15.2. The van der Waals surface area contributed by atoms with E-state index in [9.17, 15) is 4.79 Å². The lowest BCUT2D eigenvalue weighted by Gasteiger charge is -2.31. The van der Waals surface area contributed by atoms with E-state index in [1.807, 2.05) is 31.0 Å². The van der Waals surface area contributed by atoms with Gasteiger partial charge < -0.3 is 15.0 Å². The van der Waals surface area contributed by atoms with Crippen LogP contribution in [0.5, 0.6) is 5.75 Å². The second kappa shape index (κ2) is 7.34. The van der Waals surface area contributed by atoms with Crippen LogP contribution in [0.15, 0.2) is 18.2 Å². The Morgan fingerprint density at radius 1 is 1.29 bits per heavy atom. The molecular weight excluding hydrogens is 264 g/mol. The van der Waals surface area contributed by atoms with Crippen LogP contribution in [-0.2, 0) is 0 Å². The highest BCUT2D eigenvalue weighted by Crippen LogP contribution is 2.21. The molecule has 1 aromatic rings. The number of ether oxygens (including phenoxy) is 1. The fraction of sp³-hybridized carbons (Fsp3) is 0.588. The number of urea groups is 1. The van der Waals surface area contributed by atoms with Gasteiger partial charge in [0.15, 0.2) is 6.73 Å². The predicted molar refractivity (Wildman–Crippen MR) is 84.6 cm³/mol. The molecular formula is C17H26N2O2. The molecule has 0 radical (unpaired) electrons. The van der Waals surface area contributed by atoms with E-state index >= 15 is 0 Å². The van der Waals surface area contributed by atoms with Crippen LogP contribution < -0.4 is 10.1 Å². The molecule has 2 amide bonds. The van der Waals surface area contributed by atoms with E-state index in [-0.39, 0.29) is 12.8 Å². The molecule has 0 heterocycles. The first-order chi connectivity index (χ1) is 10.1. The predicted octanol–water partition coefficient (Wildman–Crippen LogP) is 3.61. The molecule has 0 atom stereocenters. The molecule has 1 N–H and O–H groups in total. The van der Waals surface area contributed by atoms with Crippen LogP contribution in [-0.4, -0.2) is 30.8 Å². The maximum Gasteiger partial charge on any atom is 0.319 e. The highest BCUT2D eigenvalue weighted by atomic mass is 16.5. The number of nitrogens with one attached hydrogen (secondary N) is 1. The third-order valence-electron chi connectivity index (χ3n) is 4.22. The number of carbonyl (C=O) groups is 1. The standard InChI is InChI=1S/C17H26N2O2/c1-13-9-10-16(14(2)11-13)21-12-18-17(20)19(3)15-7-5-4-6-8-15/h9-11,15H,4-8,12H2,1-3H3,(H,18,20). The van der Waals surface area contributed by atoms with Gasteiger partial charge in [-0.1, -0.05) is 37.0 Å². The normalized spacial score (nSPS) is 15.6. The number of amides is 2. The van der Waals surface area contributed by atoms with Crippen molar-refractivity contribution in [1.82, 2.24) is 10.2 Å². The minimum atomic E-state index is -0.0494. The number of nitrogens with zero attached hydrogens (tertiary/aromatic N) is 1. The molecule has 4 nitrogen and oxygen atoms in total. The lowest BCUT2D eigenvalue weighted by molar-refractivity contribution is 0.163. The highest BCUT2D eigenvalue weighted by Gasteiger charge is 2.21. The molecule has 0 aromatic heterocycles. The van der Waals surface area contributed by atoms with Gasteiger partial charge in [0.1, 0.15) is 5.75 Å². The van der Waals surface area contributed by atoms with Crippen LogP contribution in [0.1, 0.15) is 43.2 Å². The molecule has 1 aliphatic rings. The molecule has 0 saturated heterocycles. The SMILES string of the molecule is Cc1ccc(OCNC(=O)N(C)C2CCCCC2)c(C)c1. The number of rotatable bonds is 4. The summed E-state index contributed by atoms with van der Waals surface area (Å²) in [5.41, 5.74) is 2.30. The summed E-state index contributed by atoms with van der Waals surface area (Å²) in [5, 5.41) is 2.83. The van der Waals surface area contributed by atoms with Gasteiger partial charge in [0.25, 0.3) is 0 Å². The third-order valence-corrected chi connectivity index (χ3v) is 4.22. The molecule has 0 spiro atoms. The zero-order valence-electron chi connectivity index (χ0n) is 13.3. The van der Waals surface area contributed by atoms with Gasteiger partial charge in [0.05, 0.1) is 0 Å². The largest absolute Gasteiger partial charge is 0.473 e. The minimum absolute atomic E-state index is 0.0494. The summed E-state index contributed by atoms with van der Waals surface area (Å²) in [4.78, 5) is 13.9. The topological polar surface area (TPSA) is 41.6 Å². The van der Waals surface area contributed by atoms with Crippen molar-refractivity contribution in [3.8, 4) is 5.75 Å². The van der Waals surface area contributed by atoms with Crippen molar-refractivity contribution >= 4 is 6.03 Å². The van der Waals surface area contributed by atoms with Crippen LogP contribution in [0.2, 0.25) is 0 Å². The van der Waals surface area contributed by atoms with E-state index in [1.165, 1.54) is 24.8 Å². The number of aryl methyl sites for hydroxylation is 2. The van der Waals surface area contributed by atoms with Gasteiger partial charge in [0, 0.05) is 13.1 Å². The van der Waals surface area contributed by atoms with Crippen LogP contribution in [0.3, 0.4) is 0 Å². The Kier molecular flexibility index (Phi) is 5.48. The zero-order valence-corrected chi connectivity index (χ0v) is 13.3. The van der Waals surface area contributed by atoms with Crippen molar-refractivity contribution in [2.45, 2.75) is 52.0 Å². The van der Waals surface area contributed by atoms with Crippen LogP contribution >= 0.6 is 0 Å². The summed E-state index contributed by atoms with van der Waals surface area (Å²) >= 11 is 0. The van der Waals surface area contributed by atoms with Crippen molar-refractivity contribution in [3.05, 3.63) is 29.3 Å². The van der Waals surface area contributed by atoms with Crippen LogP contribution in [0.25, 0.3) is 0 Å². The van der Waals surface area contributed by atoms with E-state index in [0.29, 0.717) is 6.04 Å². The average molecular weight is 290 g/mol. The maximum absolute atomic E-state index is 12.1. The van der Waals surface area contributed by atoms with Gasteiger partial charge >= 0.3 is 6.03 Å². The van der Waals surface area contributed by atoms with Gasteiger partial charge in [-0.3, -0.25) is 0 Å². The second-order valence-electron chi connectivity index (χ2n) is 5.94. The molecule has 21 heavy (non-hydrogen) atoms. The first-order valence-electron chi connectivity index (χ1n) is 7.78. The number of benzene rings is 1. The maximum atomic E-state index is 12.1. The highest BCUT2D eigenvalue weighted by molar-refractivity contribution is 5.74. The second-order valence-corrected chi connectivity index (χ2v) is 5.94. The number of hydrogen-bond acceptors (Lipinski definition) is 2. The molecule has 2 rings (SSSR count). The van der Waals surface area contributed by atoms with Crippen molar-refractivity contribution in [1.29, 1.82) is 0 Å². The molecule has 1 saturated carbocycles. The van der Waals surface area contributed by atoms with Crippen molar-refractivity contribution in [2.24, 2.45) is 0 Å². The quantitative estimate of drug-likeness (QED) is 0.861. The Hall–Kier alpha value is -1.71. The monoisotopic (exact) mass is 290 g/mol. The van der Waals surface area contributed by atoms with E-state index in [0.717, 1.165) is 24.2 Å². The van der Waals surface area contributed by atoms with E-state index in [4.69, 9.17) is 4.74 Å².